The Bertz CT molecular complexity index is 299. The monoisotopic (exact) mass is 260 g/mol. The first-order chi connectivity index (χ1) is 8.38. The van der Waals surface area contributed by atoms with Crippen molar-refractivity contribution in [2.45, 2.75) is 46.1 Å². The summed E-state index contributed by atoms with van der Waals surface area (Å²) in [5.41, 5.74) is 0. The Balaban J connectivity index is 4.30. The first-order valence-corrected chi connectivity index (χ1v) is 5.94. The van der Waals surface area contributed by atoms with Crippen LogP contribution in [-0.2, 0) is 23.9 Å². The van der Waals surface area contributed by atoms with Crippen molar-refractivity contribution >= 4 is 17.9 Å². The van der Waals surface area contributed by atoms with Crippen LogP contribution in [0, 0.1) is 5.92 Å². The SMILES string of the molecule is CCCCOC(=O)CC(C(=O)O)C(C)OC(C)=O. The van der Waals surface area contributed by atoms with E-state index < -0.39 is 29.9 Å². The highest BCUT2D eigenvalue weighted by atomic mass is 16.5. The molecule has 2 unspecified atom stereocenters. The molecular weight excluding hydrogens is 240 g/mol. The molecule has 0 bridgehead atoms. The van der Waals surface area contributed by atoms with Gasteiger partial charge in [0.2, 0.25) is 0 Å². The fraction of sp³-hybridized carbons (Fsp3) is 0.750. The lowest BCUT2D eigenvalue weighted by Gasteiger charge is -2.19. The maximum absolute atomic E-state index is 11.4. The van der Waals surface area contributed by atoms with Crippen molar-refractivity contribution in [3.8, 4) is 0 Å². The molecule has 0 rings (SSSR count). The largest absolute Gasteiger partial charge is 0.481 e. The lowest BCUT2D eigenvalue weighted by molar-refractivity contribution is -0.161. The predicted octanol–water partition coefficient (Wildman–Crippen LogP) is 1.37. The number of hydrogen-bond acceptors (Lipinski definition) is 5. The number of carboxylic acid groups (broad SMARTS) is 1. The highest BCUT2D eigenvalue weighted by molar-refractivity contribution is 5.79. The minimum atomic E-state index is -1.18. The van der Waals surface area contributed by atoms with E-state index in [1.165, 1.54) is 13.8 Å². The third-order valence-electron chi connectivity index (χ3n) is 2.38. The van der Waals surface area contributed by atoms with Gasteiger partial charge >= 0.3 is 17.9 Å². The van der Waals surface area contributed by atoms with E-state index in [9.17, 15) is 14.4 Å². The van der Waals surface area contributed by atoms with E-state index in [-0.39, 0.29) is 13.0 Å². The maximum atomic E-state index is 11.4. The highest BCUT2D eigenvalue weighted by Gasteiger charge is 2.30. The molecule has 0 aromatic carbocycles. The summed E-state index contributed by atoms with van der Waals surface area (Å²) in [6.45, 7) is 4.87. The van der Waals surface area contributed by atoms with E-state index in [1.807, 2.05) is 6.92 Å². The van der Waals surface area contributed by atoms with Gasteiger partial charge in [-0.3, -0.25) is 14.4 Å². The van der Waals surface area contributed by atoms with Crippen LogP contribution in [-0.4, -0.2) is 35.7 Å². The van der Waals surface area contributed by atoms with Gasteiger partial charge in [-0.25, -0.2) is 0 Å². The molecule has 0 aromatic rings. The Kier molecular flexibility index (Phi) is 7.74. The third kappa shape index (κ3) is 6.88. The second-order valence-corrected chi connectivity index (χ2v) is 4.04. The summed E-state index contributed by atoms with van der Waals surface area (Å²) in [5, 5.41) is 8.98. The second kappa shape index (κ2) is 8.49. The molecule has 0 aliphatic heterocycles. The normalized spacial score (nSPS) is 13.5. The number of carbonyl (C=O) groups excluding carboxylic acids is 2. The molecule has 2 atom stereocenters. The van der Waals surface area contributed by atoms with Crippen LogP contribution in [0.5, 0.6) is 0 Å². The minimum absolute atomic E-state index is 0.281. The molecule has 0 aromatic heterocycles. The highest BCUT2D eigenvalue weighted by Crippen LogP contribution is 2.14. The van der Waals surface area contributed by atoms with Crippen molar-refractivity contribution in [3.05, 3.63) is 0 Å². The van der Waals surface area contributed by atoms with Gasteiger partial charge in [0.15, 0.2) is 0 Å². The molecule has 6 nitrogen and oxygen atoms in total. The summed E-state index contributed by atoms with van der Waals surface area (Å²) >= 11 is 0. The molecule has 18 heavy (non-hydrogen) atoms. The van der Waals surface area contributed by atoms with Gasteiger partial charge in [0.1, 0.15) is 12.0 Å². The van der Waals surface area contributed by atoms with Gasteiger partial charge in [0, 0.05) is 6.92 Å². The molecule has 1 N–H and O–H groups in total. The lowest BCUT2D eigenvalue weighted by Crippen LogP contribution is -2.32. The molecule has 0 saturated carbocycles. The number of unbranched alkanes of at least 4 members (excludes halogenated alkanes) is 1. The van der Waals surface area contributed by atoms with Crippen molar-refractivity contribution in [1.29, 1.82) is 0 Å². The number of ether oxygens (including phenoxy) is 2. The van der Waals surface area contributed by atoms with Crippen LogP contribution < -0.4 is 0 Å². The summed E-state index contributed by atoms with van der Waals surface area (Å²) in [7, 11) is 0. The average Bonchev–Trinajstić information content (AvgIpc) is 2.24. The molecule has 0 fully saturated rings. The Morgan fingerprint density at radius 3 is 2.33 bits per heavy atom. The van der Waals surface area contributed by atoms with Crippen molar-refractivity contribution in [2.75, 3.05) is 6.61 Å². The molecule has 0 saturated heterocycles. The molecule has 0 radical (unpaired) electrons. The predicted molar refractivity (Wildman–Crippen MR) is 62.8 cm³/mol. The zero-order chi connectivity index (χ0) is 14.1. The number of rotatable bonds is 8. The lowest BCUT2D eigenvalue weighted by atomic mass is 10.00. The topological polar surface area (TPSA) is 89.9 Å². The van der Waals surface area contributed by atoms with Crippen LogP contribution in [0.25, 0.3) is 0 Å². The summed E-state index contributed by atoms with van der Waals surface area (Å²) < 4.78 is 9.65. The van der Waals surface area contributed by atoms with Crippen molar-refractivity contribution in [3.63, 3.8) is 0 Å². The van der Waals surface area contributed by atoms with Crippen molar-refractivity contribution in [1.82, 2.24) is 0 Å². The minimum Gasteiger partial charge on any atom is -0.481 e. The van der Waals surface area contributed by atoms with Crippen LogP contribution in [0.1, 0.15) is 40.0 Å². The quantitative estimate of drug-likeness (QED) is 0.523. The number of aliphatic carboxylic acids is 1. The molecule has 0 spiro atoms. The molecule has 6 heteroatoms. The molecule has 0 amide bonds. The first-order valence-electron chi connectivity index (χ1n) is 5.94. The van der Waals surface area contributed by atoms with E-state index in [2.05, 4.69) is 0 Å². The summed E-state index contributed by atoms with van der Waals surface area (Å²) in [6, 6.07) is 0. The standard InChI is InChI=1S/C12H20O6/c1-4-5-6-17-11(14)7-10(12(15)16)8(2)18-9(3)13/h8,10H,4-7H2,1-3H3,(H,15,16). The van der Waals surface area contributed by atoms with Gasteiger partial charge in [0.25, 0.3) is 0 Å². The van der Waals surface area contributed by atoms with Crippen molar-refractivity contribution < 1.29 is 29.0 Å². The molecule has 104 valence electrons. The molecule has 0 aliphatic rings. The Morgan fingerprint density at radius 2 is 1.89 bits per heavy atom. The number of carbonyl (C=O) groups is 3. The van der Waals surface area contributed by atoms with E-state index in [0.29, 0.717) is 0 Å². The van der Waals surface area contributed by atoms with Crippen LogP contribution in [0.4, 0.5) is 0 Å². The van der Waals surface area contributed by atoms with Gasteiger partial charge in [0.05, 0.1) is 13.0 Å². The molecular formula is C12H20O6. The number of esters is 2. The van der Waals surface area contributed by atoms with Crippen LogP contribution >= 0.6 is 0 Å². The van der Waals surface area contributed by atoms with Gasteiger partial charge in [-0.05, 0) is 13.3 Å². The molecule has 0 aliphatic carbocycles. The smallest absolute Gasteiger partial charge is 0.310 e. The van der Waals surface area contributed by atoms with Crippen LogP contribution in [0.2, 0.25) is 0 Å². The van der Waals surface area contributed by atoms with Gasteiger partial charge < -0.3 is 14.6 Å². The van der Waals surface area contributed by atoms with Crippen LogP contribution in [0.3, 0.4) is 0 Å². The van der Waals surface area contributed by atoms with Crippen LogP contribution in [0.15, 0.2) is 0 Å². The second-order valence-electron chi connectivity index (χ2n) is 4.04. The van der Waals surface area contributed by atoms with E-state index >= 15 is 0 Å². The zero-order valence-corrected chi connectivity index (χ0v) is 11.0. The number of carboxylic acids is 1. The number of hydrogen-bond donors (Lipinski definition) is 1. The summed E-state index contributed by atoms with van der Waals surface area (Å²) in [4.78, 5) is 33.1. The van der Waals surface area contributed by atoms with E-state index in [4.69, 9.17) is 14.6 Å². The third-order valence-corrected chi connectivity index (χ3v) is 2.38. The van der Waals surface area contributed by atoms with Gasteiger partial charge in [-0.15, -0.1) is 0 Å². The fourth-order valence-corrected chi connectivity index (χ4v) is 1.37. The average molecular weight is 260 g/mol. The summed E-state index contributed by atoms with van der Waals surface area (Å²) in [6.07, 6.45) is 0.467. The zero-order valence-electron chi connectivity index (χ0n) is 11.0. The Morgan fingerprint density at radius 1 is 1.28 bits per heavy atom. The Hall–Kier alpha value is -1.59. The molecule has 0 heterocycles. The van der Waals surface area contributed by atoms with E-state index in [1.54, 1.807) is 0 Å². The van der Waals surface area contributed by atoms with Gasteiger partial charge in [-0.2, -0.15) is 0 Å². The first kappa shape index (κ1) is 16.4. The fourth-order valence-electron chi connectivity index (χ4n) is 1.37. The summed E-state index contributed by atoms with van der Waals surface area (Å²) in [5.74, 6) is -3.43. The van der Waals surface area contributed by atoms with Gasteiger partial charge in [-0.1, -0.05) is 13.3 Å². The maximum Gasteiger partial charge on any atom is 0.310 e. The van der Waals surface area contributed by atoms with E-state index in [0.717, 1.165) is 12.8 Å². The Labute approximate surface area is 106 Å². The van der Waals surface area contributed by atoms with Crippen molar-refractivity contribution in [2.24, 2.45) is 5.92 Å².